The van der Waals surface area contributed by atoms with Crippen molar-refractivity contribution < 1.29 is 9.90 Å². The molecule has 0 unspecified atom stereocenters. The van der Waals surface area contributed by atoms with Crippen LogP contribution in [-0.2, 0) is 0 Å². The molecule has 0 saturated heterocycles. The van der Waals surface area contributed by atoms with E-state index in [0.717, 1.165) is 5.69 Å². The predicted molar refractivity (Wildman–Crippen MR) is 65.8 cm³/mol. The summed E-state index contributed by atoms with van der Waals surface area (Å²) >= 11 is 0. The first-order valence-corrected chi connectivity index (χ1v) is 5.40. The first kappa shape index (κ1) is 12.7. The van der Waals surface area contributed by atoms with Crippen LogP contribution in [0.1, 0.15) is 31.1 Å². The van der Waals surface area contributed by atoms with Gasteiger partial charge in [-0.15, -0.1) is 0 Å². The lowest BCUT2D eigenvalue weighted by molar-refractivity contribution is 0.101. The summed E-state index contributed by atoms with van der Waals surface area (Å²) in [6, 6.07) is 7.36. The highest BCUT2D eigenvalue weighted by atomic mass is 16.3. The Kier molecular flexibility index (Phi) is 4.07. The van der Waals surface area contributed by atoms with Crippen LogP contribution in [0.25, 0.3) is 0 Å². The molecule has 2 N–H and O–H groups in total. The van der Waals surface area contributed by atoms with Crippen molar-refractivity contribution in [2.24, 2.45) is 5.41 Å². The summed E-state index contributed by atoms with van der Waals surface area (Å²) in [7, 11) is 0. The Morgan fingerprint density at radius 1 is 1.31 bits per heavy atom. The maximum Gasteiger partial charge on any atom is 0.159 e. The average molecular weight is 221 g/mol. The van der Waals surface area contributed by atoms with Gasteiger partial charge in [0.25, 0.3) is 0 Å². The van der Waals surface area contributed by atoms with Crippen LogP contribution in [0.4, 0.5) is 5.69 Å². The van der Waals surface area contributed by atoms with E-state index in [9.17, 15) is 4.79 Å². The predicted octanol–water partition coefficient (Wildman–Crippen LogP) is 2.32. The number of benzene rings is 1. The van der Waals surface area contributed by atoms with E-state index in [1.165, 1.54) is 0 Å². The van der Waals surface area contributed by atoms with Crippen LogP contribution in [0, 0.1) is 5.41 Å². The quantitative estimate of drug-likeness (QED) is 0.750. The minimum absolute atomic E-state index is 0.0715. The Labute approximate surface area is 96.5 Å². The molecule has 0 spiro atoms. The molecule has 3 heteroatoms. The maximum absolute atomic E-state index is 11.1. The molecule has 0 aliphatic heterocycles. The van der Waals surface area contributed by atoms with E-state index in [2.05, 4.69) is 5.32 Å². The number of aliphatic hydroxyl groups excluding tert-OH is 1. The molecule has 16 heavy (non-hydrogen) atoms. The lowest BCUT2D eigenvalue weighted by Gasteiger charge is -2.22. The third kappa shape index (κ3) is 3.66. The Bertz CT molecular complexity index is 355. The van der Waals surface area contributed by atoms with Gasteiger partial charge in [-0.3, -0.25) is 4.79 Å². The molecule has 0 bridgehead atoms. The number of carbonyl (C=O) groups is 1. The summed E-state index contributed by atoms with van der Waals surface area (Å²) in [5, 5.41) is 12.3. The van der Waals surface area contributed by atoms with Gasteiger partial charge >= 0.3 is 0 Å². The molecule has 0 saturated carbocycles. The minimum Gasteiger partial charge on any atom is -0.396 e. The molecule has 0 aliphatic rings. The van der Waals surface area contributed by atoms with Crippen molar-refractivity contribution in [3.8, 4) is 0 Å². The second kappa shape index (κ2) is 5.12. The first-order chi connectivity index (χ1) is 7.44. The van der Waals surface area contributed by atoms with Gasteiger partial charge in [0.2, 0.25) is 0 Å². The van der Waals surface area contributed by atoms with E-state index in [0.29, 0.717) is 12.1 Å². The lowest BCUT2D eigenvalue weighted by Crippen LogP contribution is -2.26. The summed E-state index contributed by atoms with van der Waals surface area (Å²) in [5.41, 5.74) is 1.54. The Balaban J connectivity index is 2.59. The third-order valence-electron chi connectivity index (χ3n) is 2.49. The van der Waals surface area contributed by atoms with Gasteiger partial charge in [0, 0.05) is 29.8 Å². The van der Waals surface area contributed by atoms with Crippen molar-refractivity contribution in [1.29, 1.82) is 0 Å². The summed E-state index contributed by atoms with van der Waals surface area (Å²) in [6.07, 6.45) is 0. The maximum atomic E-state index is 11.1. The molecule has 0 heterocycles. The molecule has 0 radical (unpaired) electrons. The molecule has 88 valence electrons. The van der Waals surface area contributed by atoms with Gasteiger partial charge in [-0.25, -0.2) is 0 Å². The van der Waals surface area contributed by atoms with Gasteiger partial charge in [-0.1, -0.05) is 13.8 Å². The number of Topliss-reactive ketones (excluding diaryl/α,β-unsaturated/α-hetero) is 1. The first-order valence-electron chi connectivity index (χ1n) is 5.40. The molecular formula is C13H19NO2. The third-order valence-corrected chi connectivity index (χ3v) is 2.49. The Morgan fingerprint density at radius 2 is 1.88 bits per heavy atom. The Morgan fingerprint density at radius 3 is 2.31 bits per heavy atom. The number of hydrogen-bond acceptors (Lipinski definition) is 3. The van der Waals surface area contributed by atoms with Crippen molar-refractivity contribution in [3.05, 3.63) is 29.8 Å². The molecule has 1 aromatic carbocycles. The molecular weight excluding hydrogens is 202 g/mol. The van der Waals surface area contributed by atoms with Crippen LogP contribution in [0.2, 0.25) is 0 Å². The average Bonchev–Trinajstić information content (AvgIpc) is 2.27. The van der Waals surface area contributed by atoms with E-state index in [1.54, 1.807) is 19.1 Å². The molecule has 1 rings (SSSR count). The molecule has 0 aliphatic carbocycles. The van der Waals surface area contributed by atoms with Gasteiger partial charge in [-0.05, 0) is 31.2 Å². The molecule has 1 aromatic rings. The van der Waals surface area contributed by atoms with Crippen LogP contribution in [-0.4, -0.2) is 24.0 Å². The van der Waals surface area contributed by atoms with E-state index >= 15 is 0 Å². The monoisotopic (exact) mass is 221 g/mol. The number of carbonyl (C=O) groups excluding carboxylic acids is 1. The topological polar surface area (TPSA) is 49.3 Å². The van der Waals surface area contributed by atoms with Crippen molar-refractivity contribution in [3.63, 3.8) is 0 Å². The highest BCUT2D eigenvalue weighted by Crippen LogP contribution is 2.16. The summed E-state index contributed by atoms with van der Waals surface area (Å²) in [6.45, 7) is 6.37. The number of rotatable bonds is 5. The SMILES string of the molecule is CC(=O)c1ccc(NCC(C)(C)CO)cc1. The largest absolute Gasteiger partial charge is 0.396 e. The van der Waals surface area contributed by atoms with Gasteiger partial charge in [0.1, 0.15) is 0 Å². The molecule has 0 atom stereocenters. The zero-order chi connectivity index (χ0) is 12.2. The molecule has 0 amide bonds. The van der Waals surface area contributed by atoms with Gasteiger partial charge < -0.3 is 10.4 Å². The normalized spacial score (nSPS) is 11.2. The van der Waals surface area contributed by atoms with Gasteiger partial charge in [0.15, 0.2) is 5.78 Å². The van der Waals surface area contributed by atoms with E-state index in [1.807, 2.05) is 26.0 Å². The van der Waals surface area contributed by atoms with Crippen molar-refractivity contribution in [2.45, 2.75) is 20.8 Å². The Hall–Kier alpha value is -1.35. The van der Waals surface area contributed by atoms with Crippen LogP contribution < -0.4 is 5.32 Å². The molecule has 3 nitrogen and oxygen atoms in total. The van der Waals surface area contributed by atoms with Crippen molar-refractivity contribution in [1.82, 2.24) is 0 Å². The van der Waals surface area contributed by atoms with Crippen LogP contribution in [0.5, 0.6) is 0 Å². The number of ketones is 1. The fraction of sp³-hybridized carbons (Fsp3) is 0.462. The molecule has 0 aromatic heterocycles. The zero-order valence-electron chi connectivity index (χ0n) is 10.1. The highest BCUT2D eigenvalue weighted by molar-refractivity contribution is 5.94. The fourth-order valence-electron chi connectivity index (χ4n) is 1.22. The summed E-state index contributed by atoms with van der Waals surface area (Å²) < 4.78 is 0. The fourth-order valence-corrected chi connectivity index (χ4v) is 1.22. The van der Waals surface area contributed by atoms with E-state index in [-0.39, 0.29) is 17.8 Å². The van der Waals surface area contributed by atoms with Crippen molar-refractivity contribution in [2.75, 3.05) is 18.5 Å². The molecule has 0 fully saturated rings. The number of hydrogen-bond donors (Lipinski definition) is 2. The van der Waals surface area contributed by atoms with E-state index in [4.69, 9.17) is 5.11 Å². The zero-order valence-corrected chi connectivity index (χ0v) is 10.1. The van der Waals surface area contributed by atoms with Crippen LogP contribution in [0.15, 0.2) is 24.3 Å². The highest BCUT2D eigenvalue weighted by Gasteiger charge is 2.15. The minimum atomic E-state index is -0.140. The summed E-state index contributed by atoms with van der Waals surface area (Å²) in [5.74, 6) is 0.0715. The van der Waals surface area contributed by atoms with Gasteiger partial charge in [-0.2, -0.15) is 0 Å². The lowest BCUT2D eigenvalue weighted by atomic mass is 9.95. The smallest absolute Gasteiger partial charge is 0.159 e. The van der Waals surface area contributed by atoms with Crippen LogP contribution >= 0.6 is 0 Å². The standard InChI is InChI=1S/C13H19NO2/c1-10(16)11-4-6-12(7-5-11)14-8-13(2,3)9-15/h4-7,14-15H,8-9H2,1-3H3. The van der Waals surface area contributed by atoms with E-state index < -0.39 is 0 Å². The second-order valence-corrected chi connectivity index (χ2v) is 4.81. The van der Waals surface area contributed by atoms with Gasteiger partial charge in [0.05, 0.1) is 0 Å². The number of anilines is 1. The number of aliphatic hydroxyl groups is 1. The summed E-state index contributed by atoms with van der Waals surface area (Å²) in [4.78, 5) is 11.1. The number of nitrogens with one attached hydrogen (secondary N) is 1. The van der Waals surface area contributed by atoms with Crippen LogP contribution in [0.3, 0.4) is 0 Å². The van der Waals surface area contributed by atoms with Crippen molar-refractivity contribution >= 4 is 11.5 Å². The second-order valence-electron chi connectivity index (χ2n) is 4.81.